The van der Waals surface area contributed by atoms with Crippen molar-refractivity contribution in [3.8, 4) is 0 Å². The Bertz CT molecular complexity index is 640. The van der Waals surface area contributed by atoms with Gasteiger partial charge >= 0.3 is 5.69 Å². The smallest absolute Gasteiger partial charge is 0.332 e. The number of rotatable bonds is 4. The van der Waals surface area contributed by atoms with Crippen LogP contribution in [-0.4, -0.2) is 14.9 Å². The number of nitrogen functional groups attached to an aromatic ring is 1. The second-order valence-corrected chi connectivity index (χ2v) is 4.46. The molecule has 0 aliphatic carbocycles. The van der Waals surface area contributed by atoms with Crippen molar-refractivity contribution in [2.24, 2.45) is 0 Å². The molecule has 104 valence electrons. The van der Waals surface area contributed by atoms with Gasteiger partial charge in [-0.15, -0.1) is 0 Å². The van der Waals surface area contributed by atoms with Crippen LogP contribution in [0.1, 0.15) is 16.8 Å². The minimum absolute atomic E-state index is 0.0134. The third-order valence-corrected chi connectivity index (χ3v) is 2.84. The maximum Gasteiger partial charge on any atom is 0.332 e. The molecule has 7 heteroatoms. The van der Waals surface area contributed by atoms with Gasteiger partial charge in [0.15, 0.2) is 0 Å². The predicted octanol–water partition coefficient (Wildman–Crippen LogP) is 2.20. The molecule has 0 bridgehead atoms. The van der Waals surface area contributed by atoms with Crippen LogP contribution < -0.4 is 11.1 Å². The Morgan fingerprint density at radius 3 is 2.50 bits per heavy atom. The first-order valence-corrected chi connectivity index (χ1v) is 6.05. The monoisotopic (exact) mass is 273 g/mol. The summed E-state index contributed by atoms with van der Waals surface area (Å²) < 4.78 is 0. The molecule has 0 saturated carbocycles. The van der Waals surface area contributed by atoms with Crippen LogP contribution in [0.25, 0.3) is 0 Å². The van der Waals surface area contributed by atoms with E-state index in [0.717, 1.165) is 11.1 Å². The number of anilines is 2. The number of benzene rings is 1. The van der Waals surface area contributed by atoms with E-state index in [0.29, 0.717) is 6.54 Å². The Morgan fingerprint density at radius 1 is 1.25 bits per heavy atom. The number of hydrogen-bond acceptors (Lipinski definition) is 6. The lowest BCUT2D eigenvalue weighted by atomic mass is 10.1. The zero-order valence-electron chi connectivity index (χ0n) is 11.3. The van der Waals surface area contributed by atoms with Gasteiger partial charge < -0.3 is 11.1 Å². The molecule has 0 spiro atoms. The minimum Gasteiger partial charge on any atom is -0.368 e. The van der Waals surface area contributed by atoms with E-state index < -0.39 is 4.92 Å². The lowest BCUT2D eigenvalue weighted by Gasteiger charge is -2.08. The number of aryl methyl sites for hydroxylation is 2. The lowest BCUT2D eigenvalue weighted by molar-refractivity contribution is -0.385. The zero-order valence-corrected chi connectivity index (χ0v) is 11.3. The normalized spacial score (nSPS) is 10.3. The molecule has 0 fully saturated rings. The molecular weight excluding hydrogens is 258 g/mol. The first-order chi connectivity index (χ1) is 9.47. The molecule has 0 aliphatic rings. The van der Waals surface area contributed by atoms with Crippen molar-refractivity contribution in [1.29, 1.82) is 0 Å². The average Bonchev–Trinajstić information content (AvgIpc) is 2.36. The van der Waals surface area contributed by atoms with E-state index in [1.54, 1.807) is 0 Å². The van der Waals surface area contributed by atoms with Crippen molar-refractivity contribution in [3.63, 3.8) is 0 Å². The van der Waals surface area contributed by atoms with E-state index in [1.807, 2.05) is 31.2 Å². The van der Waals surface area contributed by atoms with E-state index in [1.165, 1.54) is 6.92 Å². The van der Waals surface area contributed by atoms with E-state index in [2.05, 4.69) is 15.3 Å². The van der Waals surface area contributed by atoms with Crippen molar-refractivity contribution in [1.82, 2.24) is 9.97 Å². The van der Waals surface area contributed by atoms with Crippen molar-refractivity contribution < 1.29 is 4.92 Å². The van der Waals surface area contributed by atoms with Gasteiger partial charge in [-0.05, 0) is 19.4 Å². The summed E-state index contributed by atoms with van der Waals surface area (Å²) in [5.74, 6) is 0.153. The average molecular weight is 273 g/mol. The minimum atomic E-state index is -0.508. The summed E-state index contributed by atoms with van der Waals surface area (Å²) in [5.41, 5.74) is 7.78. The van der Waals surface area contributed by atoms with Crippen LogP contribution in [0.3, 0.4) is 0 Å². The lowest BCUT2D eigenvalue weighted by Crippen LogP contribution is -2.09. The third-order valence-electron chi connectivity index (χ3n) is 2.84. The first kappa shape index (κ1) is 13.7. The van der Waals surface area contributed by atoms with Crippen molar-refractivity contribution >= 4 is 17.5 Å². The van der Waals surface area contributed by atoms with Crippen molar-refractivity contribution in [2.45, 2.75) is 20.4 Å². The highest BCUT2D eigenvalue weighted by Crippen LogP contribution is 2.26. The van der Waals surface area contributed by atoms with Gasteiger partial charge in [0, 0.05) is 6.54 Å². The summed E-state index contributed by atoms with van der Waals surface area (Å²) in [4.78, 5) is 18.3. The van der Waals surface area contributed by atoms with Gasteiger partial charge in [-0.2, -0.15) is 4.98 Å². The quantitative estimate of drug-likeness (QED) is 0.653. The topological polar surface area (TPSA) is 107 Å². The van der Waals surface area contributed by atoms with Crippen LogP contribution in [0, 0.1) is 24.0 Å². The number of nitro groups is 1. The largest absolute Gasteiger partial charge is 0.368 e. The molecule has 0 atom stereocenters. The fraction of sp³-hybridized carbons (Fsp3) is 0.231. The fourth-order valence-corrected chi connectivity index (χ4v) is 1.82. The van der Waals surface area contributed by atoms with Crippen LogP contribution in [0.5, 0.6) is 0 Å². The summed E-state index contributed by atoms with van der Waals surface area (Å²) in [6.45, 7) is 3.96. The van der Waals surface area contributed by atoms with Gasteiger partial charge in [0.25, 0.3) is 0 Å². The van der Waals surface area contributed by atoms with Crippen LogP contribution >= 0.6 is 0 Å². The maximum absolute atomic E-state index is 11.1. The molecule has 7 nitrogen and oxygen atoms in total. The zero-order chi connectivity index (χ0) is 14.7. The number of nitrogens with zero attached hydrogens (tertiary/aromatic N) is 3. The molecular formula is C13H15N5O2. The molecule has 1 aromatic carbocycles. The van der Waals surface area contributed by atoms with E-state index in [-0.39, 0.29) is 23.1 Å². The van der Waals surface area contributed by atoms with Crippen molar-refractivity contribution in [2.75, 3.05) is 11.1 Å². The van der Waals surface area contributed by atoms with Crippen LogP contribution in [0.2, 0.25) is 0 Å². The van der Waals surface area contributed by atoms with Gasteiger partial charge in [0.05, 0.1) is 4.92 Å². The van der Waals surface area contributed by atoms with Gasteiger partial charge in [0.1, 0.15) is 5.69 Å². The van der Waals surface area contributed by atoms with Crippen LogP contribution in [0.15, 0.2) is 24.3 Å². The first-order valence-electron chi connectivity index (χ1n) is 6.05. The standard InChI is InChI=1S/C13H15N5O2/c1-8-3-5-10(6-4-8)7-15-12-11(18(19)20)9(2)16-13(14)17-12/h3-6H,7H2,1-2H3,(H3,14,15,16,17). The summed E-state index contributed by atoms with van der Waals surface area (Å²) in [6.07, 6.45) is 0. The molecule has 0 aliphatic heterocycles. The van der Waals surface area contributed by atoms with Gasteiger partial charge in [-0.1, -0.05) is 29.8 Å². The third kappa shape index (κ3) is 3.00. The Balaban J connectivity index is 2.24. The van der Waals surface area contributed by atoms with E-state index >= 15 is 0 Å². The molecule has 2 aromatic rings. The molecule has 20 heavy (non-hydrogen) atoms. The fourth-order valence-electron chi connectivity index (χ4n) is 1.82. The second kappa shape index (κ2) is 5.52. The highest BCUT2D eigenvalue weighted by atomic mass is 16.6. The number of hydrogen-bond donors (Lipinski definition) is 2. The molecule has 0 radical (unpaired) electrons. The molecule has 0 unspecified atom stereocenters. The van der Waals surface area contributed by atoms with Gasteiger partial charge in [-0.3, -0.25) is 10.1 Å². The van der Waals surface area contributed by atoms with E-state index in [4.69, 9.17) is 5.73 Å². The SMILES string of the molecule is Cc1ccc(CNc2nc(N)nc(C)c2[N+](=O)[O-])cc1. The Hall–Kier alpha value is -2.70. The number of aromatic nitrogens is 2. The molecule has 3 N–H and O–H groups in total. The van der Waals surface area contributed by atoms with Crippen LogP contribution in [0.4, 0.5) is 17.5 Å². The Morgan fingerprint density at radius 2 is 1.90 bits per heavy atom. The predicted molar refractivity (Wildman–Crippen MR) is 76.3 cm³/mol. The van der Waals surface area contributed by atoms with E-state index in [9.17, 15) is 10.1 Å². The summed E-state index contributed by atoms with van der Waals surface area (Å²) >= 11 is 0. The van der Waals surface area contributed by atoms with Crippen molar-refractivity contribution in [3.05, 3.63) is 51.2 Å². The molecule has 0 saturated heterocycles. The Labute approximate surface area is 116 Å². The summed E-state index contributed by atoms with van der Waals surface area (Å²) in [5, 5.41) is 14.0. The molecule has 1 heterocycles. The maximum atomic E-state index is 11.1. The molecule has 0 amide bonds. The summed E-state index contributed by atoms with van der Waals surface area (Å²) in [6, 6.07) is 7.85. The highest BCUT2D eigenvalue weighted by molar-refractivity contribution is 5.60. The highest BCUT2D eigenvalue weighted by Gasteiger charge is 2.21. The summed E-state index contributed by atoms with van der Waals surface area (Å²) in [7, 11) is 0. The second-order valence-electron chi connectivity index (χ2n) is 4.46. The van der Waals surface area contributed by atoms with Crippen LogP contribution in [-0.2, 0) is 6.54 Å². The van der Waals surface area contributed by atoms with Gasteiger partial charge in [-0.25, -0.2) is 4.98 Å². The number of nitrogens with one attached hydrogen (secondary N) is 1. The number of nitrogens with two attached hydrogens (primary N) is 1. The Kier molecular flexibility index (Phi) is 3.79. The van der Waals surface area contributed by atoms with Gasteiger partial charge in [0.2, 0.25) is 11.8 Å². The molecule has 2 rings (SSSR count). The molecule has 1 aromatic heterocycles.